The first-order chi connectivity index (χ1) is 13.2. The first-order valence-electron chi connectivity index (χ1n) is 10.2. The molecule has 27 heavy (non-hydrogen) atoms. The highest BCUT2D eigenvalue weighted by Gasteiger charge is 2.26. The van der Waals surface area contributed by atoms with Crippen molar-refractivity contribution in [3.05, 3.63) is 29.3 Å². The van der Waals surface area contributed by atoms with E-state index in [-0.39, 0.29) is 17.9 Å². The van der Waals surface area contributed by atoms with Crippen molar-refractivity contribution in [3.63, 3.8) is 0 Å². The fourth-order valence-electron chi connectivity index (χ4n) is 4.37. The zero-order chi connectivity index (χ0) is 18.6. The maximum Gasteiger partial charge on any atom is 0.237 e. The van der Waals surface area contributed by atoms with Crippen LogP contribution in [0.4, 0.5) is 0 Å². The summed E-state index contributed by atoms with van der Waals surface area (Å²) in [6.07, 6.45) is 5.44. The number of benzene rings is 1. The average molecular weight is 371 g/mol. The molecule has 2 saturated heterocycles. The van der Waals surface area contributed by atoms with Gasteiger partial charge in [0.15, 0.2) is 0 Å². The van der Waals surface area contributed by atoms with Gasteiger partial charge in [0.25, 0.3) is 0 Å². The van der Waals surface area contributed by atoms with Crippen molar-refractivity contribution in [2.24, 2.45) is 5.92 Å². The molecule has 2 fully saturated rings. The Labute approximate surface area is 160 Å². The lowest BCUT2D eigenvalue weighted by molar-refractivity contribution is -0.132. The van der Waals surface area contributed by atoms with Gasteiger partial charge in [-0.3, -0.25) is 9.59 Å². The lowest BCUT2D eigenvalue weighted by Crippen LogP contribution is -2.47. The number of ether oxygens (including phenoxy) is 1. The average Bonchev–Trinajstić information content (AvgIpc) is 3.37. The van der Waals surface area contributed by atoms with Gasteiger partial charge in [-0.1, -0.05) is 12.1 Å². The second kappa shape index (κ2) is 8.30. The highest BCUT2D eigenvalue weighted by atomic mass is 16.5. The lowest BCUT2D eigenvalue weighted by Gasteiger charge is -2.33. The highest BCUT2D eigenvalue weighted by molar-refractivity contribution is 5.82. The Morgan fingerprint density at radius 1 is 1.26 bits per heavy atom. The standard InChI is InChI=1S/C21H29N3O3/c25-20(12-15-5-6-19-17(11-15)7-10-27-19)24-9-2-3-16(14-24)13-23-21(26)18-4-1-8-22-18/h5-6,11,16,18,22H,1-4,7-10,12-14H2,(H,23,26). The van der Waals surface area contributed by atoms with Crippen LogP contribution in [0.2, 0.25) is 0 Å². The SMILES string of the molecule is O=C(NCC1CCCN(C(=O)Cc2ccc3c(c2)CCO3)C1)C1CCCN1. The molecule has 3 aliphatic rings. The minimum absolute atomic E-state index is 0.0323. The molecule has 3 heterocycles. The second-order valence-electron chi connectivity index (χ2n) is 7.96. The third-order valence-corrected chi connectivity index (χ3v) is 5.92. The van der Waals surface area contributed by atoms with Gasteiger partial charge in [0, 0.05) is 26.1 Å². The Balaban J connectivity index is 1.27. The summed E-state index contributed by atoms with van der Waals surface area (Å²) < 4.78 is 5.54. The third-order valence-electron chi connectivity index (χ3n) is 5.92. The largest absolute Gasteiger partial charge is 0.493 e. The van der Waals surface area contributed by atoms with Gasteiger partial charge in [0.2, 0.25) is 11.8 Å². The van der Waals surface area contributed by atoms with Crippen molar-refractivity contribution < 1.29 is 14.3 Å². The van der Waals surface area contributed by atoms with Crippen LogP contribution >= 0.6 is 0 Å². The number of carbonyl (C=O) groups is 2. The summed E-state index contributed by atoms with van der Waals surface area (Å²) in [7, 11) is 0. The molecule has 0 spiro atoms. The van der Waals surface area contributed by atoms with Crippen LogP contribution < -0.4 is 15.4 Å². The number of rotatable bonds is 5. The molecule has 0 saturated carbocycles. The summed E-state index contributed by atoms with van der Waals surface area (Å²) in [4.78, 5) is 26.9. The summed E-state index contributed by atoms with van der Waals surface area (Å²) >= 11 is 0. The molecular formula is C21H29N3O3. The van der Waals surface area contributed by atoms with Gasteiger partial charge < -0.3 is 20.3 Å². The van der Waals surface area contributed by atoms with Gasteiger partial charge in [-0.2, -0.15) is 0 Å². The Kier molecular flexibility index (Phi) is 5.62. The smallest absolute Gasteiger partial charge is 0.237 e. The maximum absolute atomic E-state index is 12.8. The van der Waals surface area contributed by atoms with Crippen molar-refractivity contribution >= 4 is 11.8 Å². The van der Waals surface area contributed by atoms with E-state index in [4.69, 9.17) is 4.74 Å². The van der Waals surface area contributed by atoms with E-state index < -0.39 is 0 Å². The summed E-state index contributed by atoms with van der Waals surface area (Å²) in [5.74, 6) is 1.59. The van der Waals surface area contributed by atoms with Crippen LogP contribution in [0.25, 0.3) is 0 Å². The van der Waals surface area contributed by atoms with E-state index in [2.05, 4.69) is 16.7 Å². The number of fused-ring (bicyclic) bond motifs is 1. The zero-order valence-corrected chi connectivity index (χ0v) is 15.8. The first-order valence-corrected chi connectivity index (χ1v) is 10.2. The Bertz CT molecular complexity index is 700. The normalized spacial score (nSPS) is 24.4. The molecule has 3 aliphatic heterocycles. The zero-order valence-electron chi connectivity index (χ0n) is 15.8. The van der Waals surface area contributed by atoms with Crippen LogP contribution in [0, 0.1) is 5.92 Å². The number of hydrogen-bond donors (Lipinski definition) is 2. The van der Waals surface area contributed by atoms with Crippen LogP contribution in [0.3, 0.4) is 0 Å². The number of carbonyl (C=O) groups excluding carboxylic acids is 2. The molecule has 0 aromatic heterocycles. The predicted octanol–water partition coefficient (Wildman–Crippen LogP) is 1.27. The van der Waals surface area contributed by atoms with Crippen molar-refractivity contribution in [2.75, 3.05) is 32.8 Å². The fourth-order valence-corrected chi connectivity index (χ4v) is 4.37. The van der Waals surface area contributed by atoms with Gasteiger partial charge in [0.1, 0.15) is 5.75 Å². The van der Waals surface area contributed by atoms with E-state index in [0.717, 1.165) is 69.7 Å². The van der Waals surface area contributed by atoms with Crippen LogP contribution in [0.15, 0.2) is 18.2 Å². The van der Waals surface area contributed by atoms with Gasteiger partial charge in [-0.15, -0.1) is 0 Å². The van der Waals surface area contributed by atoms with Crippen molar-refractivity contribution in [1.29, 1.82) is 0 Å². The molecule has 2 amide bonds. The molecule has 2 N–H and O–H groups in total. The molecule has 1 aromatic rings. The number of piperidine rings is 1. The molecule has 0 radical (unpaired) electrons. The molecular weight excluding hydrogens is 342 g/mol. The number of nitrogens with one attached hydrogen (secondary N) is 2. The van der Waals surface area contributed by atoms with E-state index in [1.807, 2.05) is 17.0 Å². The molecule has 2 atom stereocenters. The Morgan fingerprint density at radius 3 is 3.04 bits per heavy atom. The van der Waals surface area contributed by atoms with E-state index in [1.165, 1.54) is 5.56 Å². The minimum atomic E-state index is -0.0323. The van der Waals surface area contributed by atoms with E-state index in [9.17, 15) is 9.59 Å². The molecule has 146 valence electrons. The molecule has 0 bridgehead atoms. The van der Waals surface area contributed by atoms with Crippen LogP contribution in [0.1, 0.15) is 36.8 Å². The van der Waals surface area contributed by atoms with E-state index in [1.54, 1.807) is 0 Å². The number of hydrogen-bond acceptors (Lipinski definition) is 4. The fraction of sp³-hybridized carbons (Fsp3) is 0.619. The summed E-state index contributed by atoms with van der Waals surface area (Å²) in [5, 5.41) is 6.31. The van der Waals surface area contributed by atoms with Crippen LogP contribution in [-0.2, 0) is 22.4 Å². The topological polar surface area (TPSA) is 70.7 Å². The van der Waals surface area contributed by atoms with Gasteiger partial charge in [-0.25, -0.2) is 0 Å². The molecule has 6 heteroatoms. The third kappa shape index (κ3) is 4.43. The Hall–Kier alpha value is -2.08. The second-order valence-corrected chi connectivity index (χ2v) is 7.96. The highest BCUT2D eigenvalue weighted by Crippen LogP contribution is 2.26. The quantitative estimate of drug-likeness (QED) is 0.818. The number of amides is 2. The van der Waals surface area contributed by atoms with E-state index in [0.29, 0.717) is 18.9 Å². The van der Waals surface area contributed by atoms with Gasteiger partial charge >= 0.3 is 0 Å². The molecule has 0 aliphatic carbocycles. The molecule has 4 rings (SSSR count). The maximum atomic E-state index is 12.8. The summed E-state index contributed by atoms with van der Waals surface area (Å²) in [6.45, 7) is 3.89. The molecule has 6 nitrogen and oxygen atoms in total. The lowest BCUT2D eigenvalue weighted by atomic mass is 9.97. The first kappa shape index (κ1) is 18.3. The summed E-state index contributed by atoms with van der Waals surface area (Å²) in [5.41, 5.74) is 2.27. The number of nitrogens with zero attached hydrogens (tertiary/aromatic N) is 1. The molecule has 2 unspecified atom stereocenters. The summed E-state index contributed by atoms with van der Waals surface area (Å²) in [6, 6.07) is 6.06. The van der Waals surface area contributed by atoms with Crippen LogP contribution in [0.5, 0.6) is 5.75 Å². The van der Waals surface area contributed by atoms with Gasteiger partial charge in [0.05, 0.1) is 19.1 Å². The van der Waals surface area contributed by atoms with Crippen molar-refractivity contribution in [3.8, 4) is 5.75 Å². The van der Waals surface area contributed by atoms with Gasteiger partial charge in [-0.05, 0) is 55.3 Å². The minimum Gasteiger partial charge on any atom is -0.493 e. The van der Waals surface area contributed by atoms with E-state index >= 15 is 0 Å². The van der Waals surface area contributed by atoms with Crippen molar-refractivity contribution in [2.45, 2.75) is 44.6 Å². The predicted molar refractivity (Wildman–Crippen MR) is 103 cm³/mol. The Morgan fingerprint density at radius 2 is 2.19 bits per heavy atom. The molecule has 1 aromatic carbocycles. The monoisotopic (exact) mass is 371 g/mol. The number of likely N-dealkylation sites (tertiary alicyclic amines) is 1. The van der Waals surface area contributed by atoms with Crippen LogP contribution in [-0.4, -0.2) is 55.5 Å². The van der Waals surface area contributed by atoms with Crippen molar-refractivity contribution in [1.82, 2.24) is 15.5 Å².